The van der Waals surface area contributed by atoms with Crippen molar-refractivity contribution < 1.29 is 18.1 Å². The summed E-state index contributed by atoms with van der Waals surface area (Å²) in [4.78, 5) is 15.2. The maximum atomic E-state index is 12.7. The Balaban J connectivity index is 1.82. The minimum atomic E-state index is -3.81. The largest absolute Gasteiger partial charge is 0.480 e. The molecule has 0 amide bonds. The molecule has 158 valence electrons. The topological polar surface area (TPSA) is 103 Å². The van der Waals surface area contributed by atoms with Gasteiger partial charge in [-0.05, 0) is 12.1 Å². The van der Waals surface area contributed by atoms with E-state index < -0.39 is 20.6 Å². The van der Waals surface area contributed by atoms with Crippen molar-refractivity contribution in [2.75, 3.05) is 13.1 Å². The number of ether oxygens (including phenoxy) is 1. The molecule has 0 atom stereocenters. The first-order valence-corrected chi connectivity index (χ1v) is 11.6. The molecule has 0 radical (unpaired) electrons. The maximum Gasteiger partial charge on any atom is 0.312 e. The van der Waals surface area contributed by atoms with Crippen LogP contribution in [0, 0.1) is 10.1 Å². The van der Waals surface area contributed by atoms with E-state index in [1.54, 1.807) is 13.8 Å². The van der Waals surface area contributed by atoms with Gasteiger partial charge in [-0.15, -0.1) is 11.3 Å². The molecule has 8 nitrogen and oxygen atoms in total. The van der Waals surface area contributed by atoms with Gasteiger partial charge >= 0.3 is 5.69 Å². The molecule has 2 aromatic carbocycles. The molecule has 0 aliphatic heterocycles. The molecule has 10 heteroatoms. The molecule has 3 aromatic rings. The fraction of sp³-hybridized carbons (Fsp3) is 0.250. The van der Waals surface area contributed by atoms with Gasteiger partial charge in [0.15, 0.2) is 5.75 Å². The van der Waals surface area contributed by atoms with Gasteiger partial charge in [0.2, 0.25) is 10.0 Å². The number of hydrogen-bond donors (Lipinski definition) is 0. The fourth-order valence-corrected chi connectivity index (χ4v) is 5.16. The van der Waals surface area contributed by atoms with Crippen LogP contribution in [0.3, 0.4) is 0 Å². The summed E-state index contributed by atoms with van der Waals surface area (Å²) in [5.41, 5.74) is 1.21. The van der Waals surface area contributed by atoms with Crippen molar-refractivity contribution in [1.29, 1.82) is 0 Å². The third-order valence-electron chi connectivity index (χ3n) is 4.42. The zero-order valence-corrected chi connectivity index (χ0v) is 18.1. The average Bonchev–Trinajstić information content (AvgIpc) is 3.22. The van der Waals surface area contributed by atoms with E-state index >= 15 is 0 Å². The van der Waals surface area contributed by atoms with Crippen molar-refractivity contribution in [3.05, 3.63) is 69.7 Å². The molecule has 0 N–H and O–H groups in total. The predicted molar refractivity (Wildman–Crippen MR) is 115 cm³/mol. The Morgan fingerprint density at radius 3 is 2.47 bits per heavy atom. The monoisotopic (exact) mass is 447 g/mol. The van der Waals surface area contributed by atoms with Crippen LogP contribution in [0.4, 0.5) is 5.69 Å². The quantitative estimate of drug-likeness (QED) is 0.357. The second-order valence-electron chi connectivity index (χ2n) is 6.27. The lowest BCUT2D eigenvalue weighted by atomic mass is 10.2. The van der Waals surface area contributed by atoms with Crippen LogP contribution in [0.1, 0.15) is 19.5 Å². The van der Waals surface area contributed by atoms with Crippen molar-refractivity contribution in [3.63, 3.8) is 0 Å². The van der Waals surface area contributed by atoms with E-state index in [1.165, 1.54) is 27.8 Å². The third kappa shape index (κ3) is 4.66. The molecule has 0 aliphatic rings. The van der Waals surface area contributed by atoms with E-state index in [1.807, 2.05) is 35.7 Å². The normalized spacial score (nSPS) is 11.6. The van der Waals surface area contributed by atoms with Gasteiger partial charge in [0.05, 0.1) is 15.5 Å². The van der Waals surface area contributed by atoms with Gasteiger partial charge in [-0.3, -0.25) is 10.1 Å². The van der Waals surface area contributed by atoms with Crippen LogP contribution in [-0.4, -0.2) is 35.7 Å². The van der Waals surface area contributed by atoms with E-state index in [0.717, 1.165) is 16.6 Å². The summed E-state index contributed by atoms with van der Waals surface area (Å²) in [5, 5.41) is 14.2. The smallest absolute Gasteiger partial charge is 0.312 e. The molecule has 0 fully saturated rings. The molecule has 0 unspecified atom stereocenters. The van der Waals surface area contributed by atoms with Crippen molar-refractivity contribution in [1.82, 2.24) is 9.29 Å². The highest BCUT2D eigenvalue weighted by Gasteiger charge is 2.26. The SMILES string of the molecule is CCN(CC)S(=O)(=O)c1ccc(OCc2csc(-c3ccccc3)n2)c([N+](=O)[O-])c1. The second kappa shape index (κ2) is 9.33. The number of thiazole rings is 1. The van der Waals surface area contributed by atoms with Crippen LogP contribution in [0.5, 0.6) is 5.75 Å². The molecular weight excluding hydrogens is 426 g/mol. The lowest BCUT2D eigenvalue weighted by Gasteiger charge is -2.18. The summed E-state index contributed by atoms with van der Waals surface area (Å²) in [5.74, 6) is -0.00671. The predicted octanol–water partition coefficient (Wildman–Crippen LogP) is 4.33. The average molecular weight is 448 g/mol. The highest BCUT2D eigenvalue weighted by molar-refractivity contribution is 7.89. The summed E-state index contributed by atoms with van der Waals surface area (Å²) in [6, 6.07) is 13.3. The van der Waals surface area contributed by atoms with Crippen molar-refractivity contribution in [2.24, 2.45) is 0 Å². The van der Waals surface area contributed by atoms with Crippen molar-refractivity contribution in [2.45, 2.75) is 25.3 Å². The van der Waals surface area contributed by atoms with Gasteiger partial charge < -0.3 is 4.74 Å². The minimum absolute atomic E-state index is 0.00671. The van der Waals surface area contributed by atoms with E-state index in [2.05, 4.69) is 4.98 Å². The lowest BCUT2D eigenvalue weighted by molar-refractivity contribution is -0.386. The summed E-state index contributed by atoms with van der Waals surface area (Å²) >= 11 is 1.45. The summed E-state index contributed by atoms with van der Waals surface area (Å²) in [6.45, 7) is 4.01. The second-order valence-corrected chi connectivity index (χ2v) is 9.07. The Kier molecular flexibility index (Phi) is 6.80. The Hall–Kier alpha value is -2.82. The standard InChI is InChI=1S/C20H21N3O5S2/c1-3-22(4-2)30(26,27)17-10-11-19(18(12-17)23(24)25)28-13-16-14-29-20(21-16)15-8-6-5-7-9-15/h5-12,14H,3-4,13H2,1-2H3. The van der Waals surface area contributed by atoms with E-state index in [-0.39, 0.29) is 30.3 Å². The molecule has 30 heavy (non-hydrogen) atoms. The van der Waals surface area contributed by atoms with Gasteiger partial charge in [-0.1, -0.05) is 44.2 Å². The number of nitrogens with zero attached hydrogens (tertiary/aromatic N) is 3. The molecule has 0 saturated carbocycles. The van der Waals surface area contributed by atoms with E-state index in [9.17, 15) is 18.5 Å². The zero-order valence-electron chi connectivity index (χ0n) is 16.5. The van der Waals surface area contributed by atoms with Crippen LogP contribution < -0.4 is 4.74 Å². The summed E-state index contributed by atoms with van der Waals surface area (Å²) in [7, 11) is -3.81. The van der Waals surface area contributed by atoms with Gasteiger partial charge in [0.1, 0.15) is 11.6 Å². The molecular formula is C20H21N3O5S2. The van der Waals surface area contributed by atoms with E-state index in [4.69, 9.17) is 4.74 Å². The molecule has 0 aliphatic carbocycles. The van der Waals surface area contributed by atoms with Crippen LogP contribution in [-0.2, 0) is 16.6 Å². The number of aromatic nitrogens is 1. The molecule has 0 spiro atoms. The van der Waals surface area contributed by atoms with Crippen molar-refractivity contribution >= 4 is 27.0 Å². The lowest BCUT2D eigenvalue weighted by Crippen LogP contribution is -2.30. The summed E-state index contributed by atoms with van der Waals surface area (Å²) in [6.07, 6.45) is 0. The van der Waals surface area contributed by atoms with Gasteiger partial charge in [-0.25, -0.2) is 13.4 Å². The number of nitro benzene ring substituents is 1. The highest BCUT2D eigenvalue weighted by Crippen LogP contribution is 2.32. The molecule has 1 aromatic heterocycles. The zero-order chi connectivity index (χ0) is 21.7. The molecule has 3 rings (SSSR count). The van der Waals surface area contributed by atoms with Crippen LogP contribution in [0.25, 0.3) is 10.6 Å². The van der Waals surface area contributed by atoms with Gasteiger partial charge in [-0.2, -0.15) is 4.31 Å². The first kappa shape index (κ1) is 21.9. The Morgan fingerprint density at radius 2 is 1.83 bits per heavy atom. The highest BCUT2D eigenvalue weighted by atomic mass is 32.2. The molecule has 0 saturated heterocycles. The van der Waals surface area contributed by atoms with Crippen LogP contribution in [0.15, 0.2) is 58.8 Å². The molecule has 0 bridgehead atoms. The summed E-state index contributed by atoms with van der Waals surface area (Å²) < 4.78 is 32.2. The number of benzene rings is 2. The van der Waals surface area contributed by atoms with E-state index in [0.29, 0.717) is 5.69 Å². The van der Waals surface area contributed by atoms with Crippen LogP contribution >= 0.6 is 11.3 Å². The maximum absolute atomic E-state index is 12.7. The number of nitro groups is 1. The fourth-order valence-electron chi connectivity index (χ4n) is 2.87. The molecule has 1 heterocycles. The first-order chi connectivity index (χ1) is 14.4. The van der Waals surface area contributed by atoms with Crippen molar-refractivity contribution in [3.8, 4) is 16.3 Å². The van der Waals surface area contributed by atoms with Crippen LogP contribution in [0.2, 0.25) is 0 Å². The Bertz CT molecular complexity index is 1130. The first-order valence-electron chi connectivity index (χ1n) is 9.28. The van der Waals surface area contributed by atoms with Gasteiger partial charge in [0.25, 0.3) is 0 Å². The van der Waals surface area contributed by atoms with Gasteiger partial charge in [0, 0.05) is 30.1 Å². The Morgan fingerprint density at radius 1 is 1.13 bits per heavy atom. The number of hydrogen-bond acceptors (Lipinski definition) is 7. The number of sulfonamides is 1. The Labute approximate surface area is 179 Å². The minimum Gasteiger partial charge on any atom is -0.480 e. The third-order valence-corrected chi connectivity index (χ3v) is 7.40. The number of rotatable bonds is 9.